The molecule has 0 saturated carbocycles. The summed E-state index contributed by atoms with van der Waals surface area (Å²) in [5, 5.41) is 14.4. The van der Waals surface area contributed by atoms with Crippen LogP contribution in [0.4, 0.5) is 5.69 Å². The van der Waals surface area contributed by atoms with Crippen molar-refractivity contribution in [2.75, 3.05) is 31.6 Å². The van der Waals surface area contributed by atoms with Gasteiger partial charge in [-0.3, -0.25) is 4.79 Å². The van der Waals surface area contributed by atoms with Crippen molar-refractivity contribution >= 4 is 35.0 Å². The second kappa shape index (κ2) is 9.65. The molecule has 0 aliphatic carbocycles. The molecule has 28 heavy (non-hydrogen) atoms. The number of ether oxygens (including phenoxy) is 1. The van der Waals surface area contributed by atoms with Gasteiger partial charge in [0.25, 0.3) is 5.91 Å². The third-order valence-electron chi connectivity index (χ3n) is 4.66. The monoisotopic (exact) mass is 420 g/mol. The normalized spacial score (nSPS) is 19.3. The number of anilines is 1. The summed E-state index contributed by atoms with van der Waals surface area (Å²) in [6, 6.07) is 12.9. The van der Waals surface area contributed by atoms with E-state index in [1.165, 1.54) is 11.8 Å². The number of aliphatic hydroxyl groups is 1. The molecule has 2 N–H and O–H groups in total. The molecule has 2 atom stereocenters. The summed E-state index contributed by atoms with van der Waals surface area (Å²) in [5.74, 6) is 0.433. The number of hydrogen-bond acceptors (Lipinski definition) is 5. The molecule has 0 radical (unpaired) electrons. The number of aliphatic hydroxyl groups excluding tert-OH is 1. The van der Waals surface area contributed by atoms with E-state index in [0.717, 1.165) is 34.9 Å². The highest BCUT2D eigenvalue weighted by molar-refractivity contribution is 7.99. The number of rotatable bonds is 7. The van der Waals surface area contributed by atoms with Gasteiger partial charge in [-0.25, -0.2) is 0 Å². The van der Waals surface area contributed by atoms with Gasteiger partial charge < -0.3 is 20.1 Å². The van der Waals surface area contributed by atoms with Crippen LogP contribution in [0.15, 0.2) is 47.4 Å². The van der Waals surface area contributed by atoms with E-state index in [4.69, 9.17) is 16.3 Å². The zero-order valence-corrected chi connectivity index (χ0v) is 17.6. The molecule has 0 saturated heterocycles. The Balaban J connectivity index is 1.93. The van der Waals surface area contributed by atoms with Crippen molar-refractivity contribution in [1.82, 2.24) is 5.32 Å². The fourth-order valence-corrected chi connectivity index (χ4v) is 4.72. The van der Waals surface area contributed by atoms with Gasteiger partial charge in [0, 0.05) is 23.0 Å². The molecule has 1 aliphatic rings. The van der Waals surface area contributed by atoms with Gasteiger partial charge in [-0.2, -0.15) is 0 Å². The predicted molar refractivity (Wildman–Crippen MR) is 115 cm³/mol. The first kappa shape index (κ1) is 21.0. The zero-order chi connectivity index (χ0) is 20.1. The Hall–Kier alpha value is -1.73. The van der Waals surface area contributed by atoms with E-state index >= 15 is 0 Å². The van der Waals surface area contributed by atoms with Crippen LogP contribution in [0.2, 0.25) is 5.02 Å². The summed E-state index contributed by atoms with van der Waals surface area (Å²) in [5.41, 5.74) is 1.65. The molecule has 7 heteroatoms. The maximum atomic E-state index is 13.1. The van der Waals surface area contributed by atoms with E-state index in [-0.39, 0.29) is 5.91 Å². The first-order chi connectivity index (χ1) is 13.5. The SMILES string of the molecule is CCCNCCN1C(=O)C(O)C(c2ccc(OC)cc2)Sc2cc(Cl)ccc21. The van der Waals surface area contributed by atoms with Crippen LogP contribution in [0.5, 0.6) is 5.75 Å². The third kappa shape index (κ3) is 4.63. The van der Waals surface area contributed by atoms with Crippen LogP contribution >= 0.6 is 23.4 Å². The summed E-state index contributed by atoms with van der Waals surface area (Å²) in [6.45, 7) is 4.13. The van der Waals surface area contributed by atoms with Crippen molar-refractivity contribution in [3.05, 3.63) is 53.1 Å². The van der Waals surface area contributed by atoms with E-state index in [1.807, 2.05) is 36.4 Å². The highest BCUT2D eigenvalue weighted by Gasteiger charge is 2.37. The van der Waals surface area contributed by atoms with E-state index in [1.54, 1.807) is 18.1 Å². The number of methoxy groups -OCH3 is 1. The summed E-state index contributed by atoms with van der Waals surface area (Å²) in [6.07, 6.45) is -0.131. The maximum Gasteiger partial charge on any atom is 0.257 e. The van der Waals surface area contributed by atoms with Gasteiger partial charge in [0.05, 0.1) is 18.0 Å². The Labute approximate surface area is 175 Å². The molecule has 0 bridgehead atoms. The number of thioether (sulfide) groups is 1. The molecule has 5 nitrogen and oxygen atoms in total. The number of benzene rings is 2. The second-order valence-electron chi connectivity index (χ2n) is 6.61. The minimum Gasteiger partial charge on any atom is -0.497 e. The lowest BCUT2D eigenvalue weighted by Crippen LogP contribution is -2.43. The number of carbonyl (C=O) groups excluding carboxylic acids is 1. The number of carbonyl (C=O) groups is 1. The van der Waals surface area contributed by atoms with E-state index < -0.39 is 11.4 Å². The lowest BCUT2D eigenvalue weighted by Gasteiger charge is -2.25. The Morgan fingerprint density at radius 1 is 1.21 bits per heavy atom. The minimum absolute atomic E-state index is 0.298. The molecule has 150 valence electrons. The van der Waals surface area contributed by atoms with Gasteiger partial charge in [0.15, 0.2) is 0 Å². The summed E-state index contributed by atoms with van der Waals surface area (Å²) in [4.78, 5) is 15.7. The Morgan fingerprint density at radius 2 is 1.96 bits per heavy atom. The molecule has 0 fully saturated rings. The van der Waals surface area contributed by atoms with Gasteiger partial charge in [-0.1, -0.05) is 30.7 Å². The molecule has 0 spiro atoms. The average Bonchev–Trinajstić information content (AvgIpc) is 2.81. The standard InChI is InChI=1S/C21H25ClN2O3S/c1-3-10-23-11-12-24-17-9-6-15(22)13-18(17)28-20(19(25)21(24)26)14-4-7-16(27-2)8-5-14/h4-9,13,19-20,23,25H,3,10-12H2,1-2H3. The topological polar surface area (TPSA) is 61.8 Å². The van der Waals surface area contributed by atoms with Gasteiger partial charge in [0.1, 0.15) is 11.9 Å². The lowest BCUT2D eigenvalue weighted by atomic mass is 10.1. The minimum atomic E-state index is -1.16. The average molecular weight is 421 g/mol. The predicted octanol–water partition coefficient (Wildman–Crippen LogP) is 3.89. The van der Waals surface area contributed by atoms with Gasteiger partial charge in [-0.05, 0) is 48.9 Å². The van der Waals surface area contributed by atoms with Crippen molar-refractivity contribution in [3.8, 4) is 5.75 Å². The zero-order valence-electron chi connectivity index (χ0n) is 16.0. The molecule has 3 rings (SSSR count). The van der Waals surface area contributed by atoms with E-state index in [0.29, 0.717) is 18.1 Å². The lowest BCUT2D eigenvalue weighted by molar-refractivity contribution is -0.126. The molecule has 0 aromatic heterocycles. The third-order valence-corrected chi connectivity index (χ3v) is 6.26. The van der Waals surface area contributed by atoms with Crippen LogP contribution in [-0.4, -0.2) is 43.9 Å². The fraction of sp³-hybridized carbons (Fsp3) is 0.381. The van der Waals surface area contributed by atoms with Crippen molar-refractivity contribution < 1.29 is 14.6 Å². The van der Waals surface area contributed by atoms with Crippen molar-refractivity contribution in [2.24, 2.45) is 0 Å². The summed E-state index contributed by atoms with van der Waals surface area (Å²) >= 11 is 7.68. The Morgan fingerprint density at radius 3 is 2.64 bits per heavy atom. The van der Waals surface area contributed by atoms with E-state index in [2.05, 4.69) is 12.2 Å². The number of nitrogens with one attached hydrogen (secondary N) is 1. The quantitative estimate of drug-likeness (QED) is 0.665. The molecule has 2 aromatic rings. The van der Waals surface area contributed by atoms with Crippen LogP contribution in [0.1, 0.15) is 24.2 Å². The summed E-state index contributed by atoms with van der Waals surface area (Å²) < 4.78 is 5.21. The number of halogens is 1. The second-order valence-corrected chi connectivity index (χ2v) is 8.23. The molecule has 1 heterocycles. The number of hydrogen-bond donors (Lipinski definition) is 2. The number of fused-ring (bicyclic) bond motifs is 1. The summed E-state index contributed by atoms with van der Waals surface area (Å²) in [7, 11) is 1.61. The van der Waals surface area contributed by atoms with Crippen molar-refractivity contribution in [1.29, 1.82) is 0 Å². The first-order valence-electron chi connectivity index (χ1n) is 9.35. The molecular weight excluding hydrogens is 396 g/mol. The molecule has 1 amide bonds. The number of nitrogens with zero attached hydrogens (tertiary/aromatic N) is 1. The van der Waals surface area contributed by atoms with Gasteiger partial charge in [0.2, 0.25) is 0 Å². The van der Waals surface area contributed by atoms with Crippen LogP contribution < -0.4 is 15.0 Å². The Bertz CT molecular complexity index is 816. The highest BCUT2D eigenvalue weighted by atomic mass is 35.5. The van der Waals surface area contributed by atoms with Gasteiger partial charge in [-0.15, -0.1) is 11.8 Å². The van der Waals surface area contributed by atoms with Crippen LogP contribution in [-0.2, 0) is 4.79 Å². The molecule has 2 unspecified atom stereocenters. The van der Waals surface area contributed by atoms with Crippen LogP contribution in [0.3, 0.4) is 0 Å². The molecule has 1 aliphatic heterocycles. The van der Waals surface area contributed by atoms with E-state index in [9.17, 15) is 9.90 Å². The van der Waals surface area contributed by atoms with Crippen molar-refractivity contribution in [3.63, 3.8) is 0 Å². The largest absolute Gasteiger partial charge is 0.497 e. The number of amides is 1. The van der Waals surface area contributed by atoms with Crippen LogP contribution in [0.25, 0.3) is 0 Å². The maximum absolute atomic E-state index is 13.1. The fourth-order valence-electron chi connectivity index (χ4n) is 3.18. The molecule has 2 aromatic carbocycles. The highest BCUT2D eigenvalue weighted by Crippen LogP contribution is 2.46. The Kier molecular flexibility index (Phi) is 7.24. The smallest absolute Gasteiger partial charge is 0.257 e. The van der Waals surface area contributed by atoms with Crippen LogP contribution in [0, 0.1) is 0 Å². The van der Waals surface area contributed by atoms with Crippen molar-refractivity contribution in [2.45, 2.75) is 29.6 Å². The molecular formula is C21H25ClN2O3S. The van der Waals surface area contributed by atoms with Gasteiger partial charge >= 0.3 is 0 Å². The first-order valence-corrected chi connectivity index (χ1v) is 10.6.